The second-order valence-corrected chi connectivity index (χ2v) is 12.8. The van der Waals surface area contributed by atoms with Crippen molar-refractivity contribution in [3.8, 4) is 0 Å². The summed E-state index contributed by atoms with van der Waals surface area (Å²) in [7, 11) is 0. The Bertz CT molecular complexity index is 867. The van der Waals surface area contributed by atoms with Crippen LogP contribution in [0.2, 0.25) is 0 Å². The summed E-state index contributed by atoms with van der Waals surface area (Å²) < 4.78 is 5.32. The van der Waals surface area contributed by atoms with Crippen LogP contribution in [0.5, 0.6) is 0 Å². The molecule has 0 aromatic heterocycles. The standard InChI is InChI=1S/C28H51N5O6/c1-16(2)13-19(30-25(36)20(14-17(3)4)32-27(38)39-28(7,8)9)24(35)31-21(15-18(5)6)26(37)33-12-10-11-22(33)23(29)34/h16-22H,10-15H2,1-9H3,(H2,29,34)(H,30,36)(H,31,35)(H,32,38)/t19-,20+,21+,22+/m0/s1. The van der Waals surface area contributed by atoms with Crippen LogP contribution in [-0.2, 0) is 23.9 Å². The third-order valence-corrected chi connectivity index (χ3v) is 6.24. The van der Waals surface area contributed by atoms with Crippen LogP contribution in [0.4, 0.5) is 4.79 Å². The van der Waals surface area contributed by atoms with E-state index >= 15 is 0 Å². The summed E-state index contributed by atoms with van der Waals surface area (Å²) in [5, 5.41) is 8.26. The van der Waals surface area contributed by atoms with E-state index in [2.05, 4.69) is 16.0 Å². The predicted molar refractivity (Wildman–Crippen MR) is 149 cm³/mol. The highest BCUT2D eigenvalue weighted by atomic mass is 16.6. The summed E-state index contributed by atoms with van der Waals surface area (Å²) in [6.45, 7) is 17.2. The number of carbonyl (C=O) groups is 5. The average molecular weight is 554 g/mol. The summed E-state index contributed by atoms with van der Waals surface area (Å²) in [5.41, 5.74) is 4.78. The molecule has 5 amide bonds. The highest BCUT2D eigenvalue weighted by Gasteiger charge is 2.38. The average Bonchev–Trinajstić information content (AvgIpc) is 3.25. The van der Waals surface area contributed by atoms with Crippen LogP contribution in [0.1, 0.15) is 94.4 Å². The maximum atomic E-state index is 13.5. The monoisotopic (exact) mass is 553 g/mol. The first-order valence-corrected chi connectivity index (χ1v) is 14.1. The molecule has 1 heterocycles. The molecule has 1 aliphatic heterocycles. The maximum absolute atomic E-state index is 13.5. The summed E-state index contributed by atoms with van der Waals surface area (Å²) in [6, 6.07) is -3.39. The molecule has 5 N–H and O–H groups in total. The molecule has 1 rings (SSSR count). The summed E-state index contributed by atoms with van der Waals surface area (Å²) in [4.78, 5) is 66.0. The molecule has 1 fully saturated rings. The topological polar surface area (TPSA) is 160 Å². The SMILES string of the molecule is CC(C)C[C@H](NC(=O)[C@@H](CC(C)C)NC(=O)OC(C)(C)C)C(=O)N[C@H](CC(C)C)C(=O)N1CCC[C@@H]1C(N)=O. The van der Waals surface area contributed by atoms with Gasteiger partial charge in [0.1, 0.15) is 29.8 Å². The van der Waals surface area contributed by atoms with E-state index < -0.39 is 53.6 Å². The number of hydrogen-bond donors (Lipinski definition) is 4. The smallest absolute Gasteiger partial charge is 0.408 e. The Balaban J connectivity index is 3.11. The van der Waals surface area contributed by atoms with Crippen molar-refractivity contribution in [3.05, 3.63) is 0 Å². The van der Waals surface area contributed by atoms with Gasteiger partial charge in [0.25, 0.3) is 0 Å². The fraction of sp³-hybridized carbons (Fsp3) is 0.821. The number of alkyl carbamates (subject to hydrolysis) is 1. The van der Waals surface area contributed by atoms with Gasteiger partial charge < -0.3 is 31.3 Å². The molecule has 0 unspecified atom stereocenters. The fourth-order valence-corrected chi connectivity index (χ4v) is 4.62. The summed E-state index contributed by atoms with van der Waals surface area (Å²) >= 11 is 0. The molecule has 4 atom stereocenters. The van der Waals surface area contributed by atoms with Crippen molar-refractivity contribution in [2.75, 3.05) is 6.54 Å². The minimum atomic E-state index is -0.930. The number of rotatable bonds is 13. The van der Waals surface area contributed by atoms with E-state index in [1.54, 1.807) is 20.8 Å². The van der Waals surface area contributed by atoms with E-state index in [-0.39, 0.29) is 23.7 Å². The molecule has 11 nitrogen and oxygen atoms in total. The van der Waals surface area contributed by atoms with Gasteiger partial charge in [-0.3, -0.25) is 19.2 Å². The zero-order chi connectivity index (χ0) is 30.1. The van der Waals surface area contributed by atoms with Gasteiger partial charge in [-0.2, -0.15) is 0 Å². The van der Waals surface area contributed by atoms with Gasteiger partial charge in [-0.1, -0.05) is 41.5 Å². The van der Waals surface area contributed by atoms with Gasteiger partial charge >= 0.3 is 6.09 Å². The van der Waals surface area contributed by atoms with E-state index in [1.165, 1.54) is 4.90 Å². The largest absolute Gasteiger partial charge is 0.444 e. The Labute approximate surface area is 233 Å². The summed E-state index contributed by atoms with van der Waals surface area (Å²) in [6.07, 6.45) is 1.48. The molecule has 39 heavy (non-hydrogen) atoms. The molecular weight excluding hydrogens is 502 g/mol. The number of likely N-dealkylation sites (tertiary alicyclic amines) is 1. The second-order valence-electron chi connectivity index (χ2n) is 12.8. The molecule has 0 aliphatic carbocycles. The van der Waals surface area contributed by atoms with Crippen LogP contribution in [0.25, 0.3) is 0 Å². The van der Waals surface area contributed by atoms with Crippen molar-refractivity contribution in [1.82, 2.24) is 20.9 Å². The number of nitrogens with two attached hydrogens (primary N) is 1. The Morgan fingerprint density at radius 3 is 1.67 bits per heavy atom. The first-order chi connectivity index (χ1) is 17.9. The Kier molecular flexibility index (Phi) is 13.2. The minimum absolute atomic E-state index is 0.0560. The van der Waals surface area contributed by atoms with E-state index in [0.717, 1.165) is 0 Å². The number of carbonyl (C=O) groups excluding carboxylic acids is 5. The number of nitrogens with one attached hydrogen (secondary N) is 3. The molecule has 0 aromatic carbocycles. The Morgan fingerprint density at radius 2 is 1.23 bits per heavy atom. The number of hydrogen-bond acceptors (Lipinski definition) is 6. The predicted octanol–water partition coefficient (Wildman–Crippen LogP) is 2.46. The molecule has 1 aliphatic rings. The van der Waals surface area contributed by atoms with E-state index in [9.17, 15) is 24.0 Å². The lowest BCUT2D eigenvalue weighted by molar-refractivity contribution is -0.141. The summed E-state index contributed by atoms with van der Waals surface area (Å²) in [5.74, 6) is -1.69. The third kappa shape index (κ3) is 12.3. The first-order valence-electron chi connectivity index (χ1n) is 14.1. The van der Waals surface area contributed by atoms with Gasteiger partial charge in [-0.25, -0.2) is 4.79 Å². The van der Waals surface area contributed by atoms with Crippen molar-refractivity contribution in [2.45, 2.75) is 124 Å². The van der Waals surface area contributed by atoms with Crippen molar-refractivity contribution >= 4 is 29.7 Å². The fourth-order valence-electron chi connectivity index (χ4n) is 4.62. The van der Waals surface area contributed by atoms with Gasteiger partial charge in [0.15, 0.2) is 0 Å². The zero-order valence-electron chi connectivity index (χ0n) is 25.3. The normalized spacial score (nSPS) is 18.1. The number of amides is 5. The zero-order valence-corrected chi connectivity index (χ0v) is 25.3. The molecule has 0 spiro atoms. The second kappa shape index (κ2) is 15.1. The Morgan fingerprint density at radius 1 is 0.795 bits per heavy atom. The number of ether oxygens (including phenoxy) is 1. The molecule has 1 saturated heterocycles. The molecule has 0 radical (unpaired) electrons. The van der Waals surface area contributed by atoms with E-state index in [1.807, 2.05) is 41.5 Å². The lowest BCUT2D eigenvalue weighted by Crippen LogP contribution is -2.58. The van der Waals surface area contributed by atoms with Crippen molar-refractivity contribution < 1.29 is 28.7 Å². The molecule has 0 aromatic rings. The first kappa shape index (κ1) is 34.2. The van der Waals surface area contributed by atoms with Gasteiger partial charge in [0.2, 0.25) is 23.6 Å². The third-order valence-electron chi connectivity index (χ3n) is 6.24. The van der Waals surface area contributed by atoms with Gasteiger partial charge in [0.05, 0.1) is 0 Å². The van der Waals surface area contributed by atoms with E-state index in [4.69, 9.17) is 10.5 Å². The van der Waals surface area contributed by atoms with Gasteiger partial charge in [-0.05, 0) is 70.6 Å². The molecule has 224 valence electrons. The lowest BCUT2D eigenvalue weighted by atomic mass is 9.98. The molecule has 0 saturated carbocycles. The quantitative estimate of drug-likeness (QED) is 0.274. The van der Waals surface area contributed by atoms with Crippen LogP contribution in [0, 0.1) is 17.8 Å². The van der Waals surface area contributed by atoms with Crippen LogP contribution < -0.4 is 21.7 Å². The van der Waals surface area contributed by atoms with Crippen LogP contribution in [-0.4, -0.2) is 70.9 Å². The maximum Gasteiger partial charge on any atom is 0.408 e. The Hall–Kier alpha value is -2.85. The number of primary amides is 1. The molecule has 11 heteroatoms. The van der Waals surface area contributed by atoms with Gasteiger partial charge in [-0.15, -0.1) is 0 Å². The van der Waals surface area contributed by atoms with Crippen LogP contribution in [0.15, 0.2) is 0 Å². The highest BCUT2D eigenvalue weighted by Crippen LogP contribution is 2.20. The molecular formula is C28H51N5O6. The van der Waals surface area contributed by atoms with Crippen molar-refractivity contribution in [1.29, 1.82) is 0 Å². The van der Waals surface area contributed by atoms with Crippen molar-refractivity contribution in [2.24, 2.45) is 23.5 Å². The van der Waals surface area contributed by atoms with Crippen LogP contribution in [0.3, 0.4) is 0 Å². The van der Waals surface area contributed by atoms with Crippen molar-refractivity contribution in [3.63, 3.8) is 0 Å². The van der Waals surface area contributed by atoms with Gasteiger partial charge in [0, 0.05) is 6.54 Å². The lowest BCUT2D eigenvalue weighted by Gasteiger charge is -2.31. The highest BCUT2D eigenvalue weighted by molar-refractivity contribution is 5.95. The minimum Gasteiger partial charge on any atom is -0.444 e. The number of nitrogens with zero attached hydrogens (tertiary/aromatic N) is 1. The molecule has 0 bridgehead atoms. The van der Waals surface area contributed by atoms with E-state index in [0.29, 0.717) is 38.6 Å². The van der Waals surface area contributed by atoms with Crippen LogP contribution >= 0.6 is 0 Å².